The fraction of sp³-hybridized carbons (Fsp3) is 1.00. The maximum absolute atomic E-state index is 6.52. The third kappa shape index (κ3) is 1.72. The molecule has 1 aliphatic carbocycles. The van der Waals surface area contributed by atoms with E-state index in [0.717, 1.165) is 25.9 Å². The van der Waals surface area contributed by atoms with Gasteiger partial charge in [0.2, 0.25) is 0 Å². The van der Waals surface area contributed by atoms with Crippen LogP contribution in [0.15, 0.2) is 0 Å². The molecule has 0 aromatic carbocycles. The van der Waals surface area contributed by atoms with Crippen LogP contribution in [0.3, 0.4) is 0 Å². The van der Waals surface area contributed by atoms with E-state index < -0.39 is 0 Å². The lowest BCUT2D eigenvalue weighted by molar-refractivity contribution is -0.200. The molecule has 0 bridgehead atoms. The zero-order valence-corrected chi connectivity index (χ0v) is 10.7. The van der Waals surface area contributed by atoms with Gasteiger partial charge in [-0.25, -0.2) is 0 Å². The van der Waals surface area contributed by atoms with Gasteiger partial charge >= 0.3 is 0 Å². The van der Waals surface area contributed by atoms with E-state index in [2.05, 4.69) is 33.0 Å². The van der Waals surface area contributed by atoms with E-state index in [1.54, 1.807) is 0 Å². The Morgan fingerprint density at radius 1 is 1.07 bits per heavy atom. The molecule has 1 aliphatic heterocycles. The third-order valence-electron chi connectivity index (χ3n) is 4.92. The first-order chi connectivity index (χ1) is 6.99. The summed E-state index contributed by atoms with van der Waals surface area (Å²) in [6.07, 6.45) is 4.88. The normalized spacial score (nSPS) is 37.6. The molecule has 88 valence electrons. The van der Waals surface area contributed by atoms with Crippen molar-refractivity contribution in [3.63, 3.8) is 0 Å². The van der Waals surface area contributed by atoms with E-state index in [4.69, 9.17) is 4.74 Å². The molecule has 0 aromatic heterocycles. The highest BCUT2D eigenvalue weighted by atomic mass is 16.5. The van der Waals surface area contributed by atoms with E-state index in [-0.39, 0.29) is 11.2 Å². The first-order valence-corrected chi connectivity index (χ1v) is 6.40. The summed E-state index contributed by atoms with van der Waals surface area (Å²) < 4.78 is 6.52. The zero-order valence-electron chi connectivity index (χ0n) is 10.7. The van der Waals surface area contributed by atoms with Crippen LogP contribution < -0.4 is 5.32 Å². The molecule has 15 heavy (non-hydrogen) atoms. The second kappa shape index (κ2) is 3.46. The van der Waals surface area contributed by atoms with Gasteiger partial charge in [0.15, 0.2) is 0 Å². The minimum atomic E-state index is 0.0528. The molecule has 1 heterocycles. The Balaban J connectivity index is 2.15. The summed E-state index contributed by atoms with van der Waals surface area (Å²) in [6.45, 7) is 11.2. The minimum absolute atomic E-state index is 0.0528. The van der Waals surface area contributed by atoms with Crippen molar-refractivity contribution in [2.24, 2.45) is 5.41 Å². The molecule has 1 atom stereocenters. The van der Waals surface area contributed by atoms with Gasteiger partial charge in [0, 0.05) is 13.1 Å². The Bertz CT molecular complexity index is 243. The molecule has 1 unspecified atom stereocenters. The molecule has 2 aliphatic rings. The van der Waals surface area contributed by atoms with Crippen LogP contribution in [-0.2, 0) is 4.74 Å². The Morgan fingerprint density at radius 3 is 2.13 bits per heavy atom. The van der Waals surface area contributed by atoms with E-state index in [1.807, 2.05) is 0 Å². The van der Waals surface area contributed by atoms with Gasteiger partial charge in [-0.15, -0.1) is 0 Å². The second-order valence-corrected chi connectivity index (χ2v) is 5.89. The quantitative estimate of drug-likeness (QED) is 0.775. The molecule has 2 heteroatoms. The van der Waals surface area contributed by atoms with Crippen LogP contribution in [0.1, 0.15) is 53.4 Å². The van der Waals surface area contributed by atoms with Crippen molar-refractivity contribution in [3.8, 4) is 0 Å². The van der Waals surface area contributed by atoms with Gasteiger partial charge in [0.25, 0.3) is 0 Å². The highest BCUT2D eigenvalue weighted by Crippen LogP contribution is 2.57. The molecule has 0 aromatic rings. The van der Waals surface area contributed by atoms with Crippen LogP contribution in [0.2, 0.25) is 0 Å². The summed E-state index contributed by atoms with van der Waals surface area (Å²) in [7, 11) is 0. The van der Waals surface area contributed by atoms with Gasteiger partial charge in [0.05, 0.1) is 11.2 Å². The monoisotopic (exact) mass is 211 g/mol. The van der Waals surface area contributed by atoms with Gasteiger partial charge in [-0.2, -0.15) is 0 Å². The van der Waals surface area contributed by atoms with Crippen LogP contribution in [0.4, 0.5) is 0 Å². The first-order valence-electron chi connectivity index (χ1n) is 6.40. The number of rotatable bonds is 3. The van der Waals surface area contributed by atoms with E-state index in [1.165, 1.54) is 12.8 Å². The van der Waals surface area contributed by atoms with E-state index in [9.17, 15) is 0 Å². The number of morpholine rings is 1. The molecule has 2 fully saturated rings. The molecule has 0 amide bonds. The topological polar surface area (TPSA) is 21.3 Å². The van der Waals surface area contributed by atoms with Gasteiger partial charge in [-0.3, -0.25) is 0 Å². The summed E-state index contributed by atoms with van der Waals surface area (Å²) in [5, 5.41) is 3.59. The molecule has 1 saturated carbocycles. The summed E-state index contributed by atoms with van der Waals surface area (Å²) >= 11 is 0. The number of nitrogens with one attached hydrogen (secondary N) is 1. The van der Waals surface area contributed by atoms with Crippen LogP contribution >= 0.6 is 0 Å². The highest BCUT2D eigenvalue weighted by molar-refractivity contribution is 5.09. The van der Waals surface area contributed by atoms with Gasteiger partial charge < -0.3 is 10.1 Å². The predicted octanol–water partition coefficient (Wildman–Crippen LogP) is 2.72. The fourth-order valence-electron chi connectivity index (χ4n) is 2.78. The summed E-state index contributed by atoms with van der Waals surface area (Å²) in [4.78, 5) is 0. The maximum Gasteiger partial charge on any atom is 0.0839 e. The Kier molecular flexibility index (Phi) is 2.63. The van der Waals surface area contributed by atoms with Crippen molar-refractivity contribution in [2.75, 3.05) is 13.1 Å². The lowest BCUT2D eigenvalue weighted by Gasteiger charge is -2.50. The van der Waals surface area contributed by atoms with E-state index >= 15 is 0 Å². The largest absolute Gasteiger partial charge is 0.366 e. The first kappa shape index (κ1) is 11.4. The van der Waals surface area contributed by atoms with Crippen molar-refractivity contribution in [2.45, 2.75) is 64.6 Å². The molecule has 0 radical (unpaired) electrons. The minimum Gasteiger partial charge on any atom is -0.366 e. The van der Waals surface area contributed by atoms with Crippen molar-refractivity contribution in [1.29, 1.82) is 0 Å². The zero-order chi connectivity index (χ0) is 11.2. The van der Waals surface area contributed by atoms with Gasteiger partial charge in [-0.1, -0.05) is 20.8 Å². The maximum atomic E-state index is 6.52. The summed E-state index contributed by atoms with van der Waals surface area (Å²) in [5.41, 5.74) is 0.561. The van der Waals surface area contributed by atoms with Crippen LogP contribution in [-0.4, -0.2) is 24.3 Å². The highest BCUT2D eigenvalue weighted by Gasteiger charge is 2.57. The number of hydrogen-bond acceptors (Lipinski definition) is 2. The molecule has 1 N–H and O–H groups in total. The Labute approximate surface area is 93.8 Å². The SMILES string of the molecule is CCC1(CC)CNCC(C)(C2(C)CC2)O1. The van der Waals surface area contributed by atoms with Crippen molar-refractivity contribution < 1.29 is 4.74 Å². The predicted molar refractivity (Wildman–Crippen MR) is 63.0 cm³/mol. The van der Waals surface area contributed by atoms with Crippen molar-refractivity contribution >= 4 is 0 Å². The number of ether oxygens (including phenoxy) is 1. The molecule has 2 rings (SSSR count). The Morgan fingerprint density at radius 2 is 1.67 bits per heavy atom. The lowest BCUT2D eigenvalue weighted by atomic mass is 9.82. The van der Waals surface area contributed by atoms with Gasteiger partial charge in [0.1, 0.15) is 0 Å². The average Bonchev–Trinajstić information content (AvgIpc) is 2.98. The molecular weight excluding hydrogens is 186 g/mol. The second-order valence-electron chi connectivity index (χ2n) is 5.89. The van der Waals surface area contributed by atoms with Crippen LogP contribution in [0.5, 0.6) is 0 Å². The van der Waals surface area contributed by atoms with Gasteiger partial charge in [-0.05, 0) is 38.0 Å². The molecule has 1 saturated heterocycles. The summed E-state index contributed by atoms with van der Waals surface area (Å²) in [5.74, 6) is 0. The molecular formula is C13H25NO. The van der Waals surface area contributed by atoms with Crippen molar-refractivity contribution in [1.82, 2.24) is 5.32 Å². The van der Waals surface area contributed by atoms with Crippen molar-refractivity contribution in [3.05, 3.63) is 0 Å². The third-order valence-corrected chi connectivity index (χ3v) is 4.92. The average molecular weight is 211 g/mol. The molecule has 2 nitrogen and oxygen atoms in total. The standard InChI is InChI=1S/C13H25NO/c1-5-13(6-2)10-14-9-12(4,15-13)11(3)7-8-11/h14H,5-10H2,1-4H3. The smallest absolute Gasteiger partial charge is 0.0839 e. The Hall–Kier alpha value is -0.0800. The molecule has 0 spiro atoms. The summed E-state index contributed by atoms with van der Waals surface area (Å²) in [6, 6.07) is 0. The van der Waals surface area contributed by atoms with Crippen LogP contribution in [0.25, 0.3) is 0 Å². The lowest BCUT2D eigenvalue weighted by Crippen LogP contribution is -2.61. The fourth-order valence-corrected chi connectivity index (χ4v) is 2.78. The number of hydrogen-bond donors (Lipinski definition) is 1. The van der Waals surface area contributed by atoms with Crippen LogP contribution in [0, 0.1) is 5.41 Å². The van der Waals surface area contributed by atoms with E-state index in [0.29, 0.717) is 5.41 Å².